The summed E-state index contributed by atoms with van der Waals surface area (Å²) in [6, 6.07) is 15.1. The van der Waals surface area contributed by atoms with E-state index in [0.717, 1.165) is 22.8 Å². The van der Waals surface area contributed by atoms with E-state index in [4.69, 9.17) is 29.3 Å². The van der Waals surface area contributed by atoms with Crippen molar-refractivity contribution in [1.29, 1.82) is 0 Å². The molecule has 29 heavy (non-hydrogen) atoms. The van der Waals surface area contributed by atoms with E-state index in [0.29, 0.717) is 6.04 Å². The summed E-state index contributed by atoms with van der Waals surface area (Å²) in [5.74, 6) is -2.85. The number of hydrogen-bond donors (Lipinski definition) is 0. The Kier molecular flexibility index (Phi) is 10.1. The Balaban J connectivity index is 0.000000612. The molecule has 0 N–H and O–H groups in total. The normalized spacial score (nSPS) is 11.2. The maximum absolute atomic E-state index is 8.93. The van der Waals surface area contributed by atoms with E-state index >= 15 is 0 Å². The molecular weight excluding hydrogens is 394 g/mol. The zero-order valence-electron chi connectivity index (χ0n) is 17.1. The van der Waals surface area contributed by atoms with Crippen LogP contribution >= 0.6 is 11.8 Å². The number of carboxylic acids is 2. The highest BCUT2D eigenvalue weighted by molar-refractivity contribution is 7.99. The largest absolute Gasteiger partial charge is 0.543 e. The Hall–Kier alpha value is -2.71. The summed E-state index contributed by atoms with van der Waals surface area (Å²) in [7, 11) is 7.56. The SMILES string of the molecule is COc1ccc(Sc2ccccc2CC(C)N(C)C)cc1OC.O=C([O-])C(=O)[O-]. The lowest BCUT2D eigenvalue weighted by molar-refractivity contribution is -0.345. The van der Waals surface area contributed by atoms with Gasteiger partial charge in [-0.15, -0.1) is 0 Å². The number of nitrogens with zero attached hydrogens (tertiary/aromatic N) is 1. The number of methoxy groups -OCH3 is 2. The first-order valence-corrected chi connectivity index (χ1v) is 9.57. The third kappa shape index (κ3) is 8.05. The summed E-state index contributed by atoms with van der Waals surface area (Å²) in [6.07, 6.45) is 1.03. The summed E-state index contributed by atoms with van der Waals surface area (Å²) < 4.78 is 10.7. The second-order valence-electron chi connectivity index (χ2n) is 6.32. The van der Waals surface area contributed by atoms with E-state index in [-0.39, 0.29) is 0 Å². The van der Waals surface area contributed by atoms with E-state index in [2.05, 4.69) is 56.3 Å². The molecule has 0 saturated heterocycles. The first-order valence-electron chi connectivity index (χ1n) is 8.76. The number of ether oxygens (including phenoxy) is 2. The van der Waals surface area contributed by atoms with Crippen LogP contribution in [0.2, 0.25) is 0 Å². The Bertz CT molecular complexity index is 813. The minimum Gasteiger partial charge on any atom is -0.543 e. The zero-order chi connectivity index (χ0) is 22.0. The molecule has 0 bridgehead atoms. The van der Waals surface area contributed by atoms with Crippen molar-refractivity contribution in [3.05, 3.63) is 48.0 Å². The van der Waals surface area contributed by atoms with Crippen LogP contribution in [-0.4, -0.2) is 51.2 Å². The van der Waals surface area contributed by atoms with Gasteiger partial charge in [0.05, 0.1) is 26.2 Å². The summed E-state index contributed by atoms with van der Waals surface area (Å²) >= 11 is 1.76. The van der Waals surface area contributed by atoms with Crippen LogP contribution in [0.3, 0.4) is 0 Å². The van der Waals surface area contributed by atoms with Crippen LogP contribution in [0, 0.1) is 0 Å². The van der Waals surface area contributed by atoms with Crippen molar-refractivity contribution in [3.63, 3.8) is 0 Å². The molecule has 0 heterocycles. The summed E-state index contributed by atoms with van der Waals surface area (Å²) in [5, 5.41) is 17.9. The topological polar surface area (TPSA) is 102 Å². The molecule has 0 aromatic heterocycles. The molecule has 2 aromatic carbocycles. The van der Waals surface area contributed by atoms with Gasteiger partial charge in [-0.25, -0.2) is 0 Å². The molecule has 2 aromatic rings. The van der Waals surface area contributed by atoms with Gasteiger partial charge < -0.3 is 34.2 Å². The van der Waals surface area contributed by atoms with Gasteiger partial charge in [0.15, 0.2) is 11.5 Å². The highest BCUT2D eigenvalue weighted by Gasteiger charge is 2.11. The van der Waals surface area contributed by atoms with Gasteiger partial charge in [0.1, 0.15) is 0 Å². The maximum atomic E-state index is 8.93. The fraction of sp³-hybridized carbons (Fsp3) is 0.333. The molecule has 0 aliphatic heterocycles. The molecule has 2 rings (SSSR count). The lowest BCUT2D eigenvalue weighted by Crippen LogP contribution is -2.42. The van der Waals surface area contributed by atoms with Gasteiger partial charge in [0, 0.05) is 15.8 Å². The van der Waals surface area contributed by atoms with E-state index in [1.807, 2.05) is 12.1 Å². The van der Waals surface area contributed by atoms with Gasteiger partial charge in [0.25, 0.3) is 0 Å². The maximum Gasteiger partial charge on any atom is 0.161 e. The Morgan fingerprint density at radius 2 is 1.59 bits per heavy atom. The molecule has 1 atom stereocenters. The molecule has 0 aliphatic carbocycles. The van der Waals surface area contributed by atoms with Crippen LogP contribution in [0.1, 0.15) is 12.5 Å². The number of carboxylic acid groups (broad SMARTS) is 2. The molecule has 1 unspecified atom stereocenters. The number of rotatable bonds is 7. The average Bonchev–Trinajstić information content (AvgIpc) is 2.69. The smallest absolute Gasteiger partial charge is 0.161 e. The van der Waals surface area contributed by atoms with E-state index < -0.39 is 11.9 Å². The molecule has 0 amide bonds. The number of benzene rings is 2. The number of aliphatic carboxylic acids is 2. The molecule has 0 saturated carbocycles. The fourth-order valence-corrected chi connectivity index (χ4v) is 3.26. The van der Waals surface area contributed by atoms with Crippen LogP contribution in [0.25, 0.3) is 0 Å². The predicted molar refractivity (Wildman–Crippen MR) is 107 cm³/mol. The average molecular weight is 419 g/mol. The number of carbonyl (C=O) groups is 2. The quantitative estimate of drug-likeness (QED) is 0.608. The Labute approximate surface area is 175 Å². The first kappa shape index (κ1) is 24.3. The van der Waals surface area contributed by atoms with E-state index in [9.17, 15) is 0 Å². The first-order chi connectivity index (χ1) is 13.7. The van der Waals surface area contributed by atoms with Gasteiger partial charge in [-0.3, -0.25) is 0 Å². The minimum atomic E-state index is -2.19. The van der Waals surface area contributed by atoms with Gasteiger partial charge in [0.2, 0.25) is 0 Å². The van der Waals surface area contributed by atoms with Crippen LogP contribution in [-0.2, 0) is 16.0 Å². The summed E-state index contributed by atoms with van der Waals surface area (Å²) in [5.41, 5.74) is 1.37. The molecule has 158 valence electrons. The molecule has 0 aliphatic rings. The van der Waals surface area contributed by atoms with Crippen molar-refractivity contribution in [2.45, 2.75) is 29.2 Å². The van der Waals surface area contributed by atoms with E-state index in [1.54, 1.807) is 26.0 Å². The van der Waals surface area contributed by atoms with Gasteiger partial charge in [-0.05, 0) is 57.3 Å². The number of likely N-dealkylation sites (N-methyl/N-ethyl adjacent to an activating group) is 1. The highest BCUT2D eigenvalue weighted by Crippen LogP contribution is 2.36. The minimum absolute atomic E-state index is 0.502. The third-order valence-electron chi connectivity index (χ3n) is 4.12. The highest BCUT2D eigenvalue weighted by atomic mass is 32.2. The fourth-order valence-electron chi connectivity index (χ4n) is 2.28. The standard InChI is InChI=1S/C19H25NO2S.C2H2O4/c1-14(20(2)3)12-15-8-6-7-9-19(15)23-16-10-11-17(21-4)18(13-16)22-5;3-1(4)2(5)6/h6-11,13-14H,12H2,1-5H3;(H,3,4)(H,5,6)/p-2. The molecule has 0 spiro atoms. The molecule has 0 fully saturated rings. The second kappa shape index (κ2) is 12.0. The van der Waals surface area contributed by atoms with Crippen LogP contribution in [0.15, 0.2) is 52.3 Å². The lowest BCUT2D eigenvalue weighted by atomic mass is 10.1. The Morgan fingerprint density at radius 1 is 1.00 bits per heavy atom. The van der Waals surface area contributed by atoms with Crippen molar-refractivity contribution in [2.75, 3.05) is 28.3 Å². The summed E-state index contributed by atoms with van der Waals surface area (Å²) in [4.78, 5) is 22.5. The molecule has 8 heteroatoms. The van der Waals surface area contributed by atoms with Gasteiger partial charge >= 0.3 is 0 Å². The predicted octanol–water partition coefficient (Wildman–Crippen LogP) is 0.834. The number of hydrogen-bond acceptors (Lipinski definition) is 8. The molecule has 7 nitrogen and oxygen atoms in total. The van der Waals surface area contributed by atoms with E-state index in [1.165, 1.54) is 10.5 Å². The molecule has 0 radical (unpaired) electrons. The Morgan fingerprint density at radius 3 is 2.10 bits per heavy atom. The number of carbonyl (C=O) groups excluding carboxylic acids is 2. The third-order valence-corrected chi connectivity index (χ3v) is 5.23. The van der Waals surface area contributed by atoms with Crippen LogP contribution in [0.4, 0.5) is 0 Å². The van der Waals surface area contributed by atoms with Crippen molar-refractivity contribution in [1.82, 2.24) is 4.90 Å². The lowest BCUT2D eigenvalue weighted by Gasteiger charge is -2.21. The van der Waals surface area contributed by atoms with Crippen LogP contribution < -0.4 is 19.7 Å². The van der Waals surface area contributed by atoms with Gasteiger partial charge in [-0.2, -0.15) is 0 Å². The summed E-state index contributed by atoms with van der Waals surface area (Å²) in [6.45, 7) is 2.25. The molecular formula is C21H25NO6S-2. The monoisotopic (exact) mass is 419 g/mol. The second-order valence-corrected chi connectivity index (χ2v) is 7.43. The van der Waals surface area contributed by atoms with Crippen molar-refractivity contribution in [3.8, 4) is 11.5 Å². The van der Waals surface area contributed by atoms with Crippen molar-refractivity contribution in [2.24, 2.45) is 0 Å². The zero-order valence-corrected chi connectivity index (χ0v) is 17.9. The van der Waals surface area contributed by atoms with Crippen LogP contribution in [0.5, 0.6) is 11.5 Å². The van der Waals surface area contributed by atoms with Gasteiger partial charge in [-0.1, -0.05) is 30.0 Å². The van der Waals surface area contributed by atoms with Crippen molar-refractivity contribution >= 4 is 23.7 Å². The van der Waals surface area contributed by atoms with Crippen molar-refractivity contribution < 1.29 is 29.3 Å².